The average Bonchev–Trinajstić information content (AvgIpc) is 2.35. The largest absolute Gasteiger partial charge is 0.478 e. The van der Waals surface area contributed by atoms with E-state index in [1.165, 1.54) is 29.6 Å². The minimum absolute atomic E-state index is 0.0346. The van der Waals surface area contributed by atoms with Crippen molar-refractivity contribution in [1.29, 1.82) is 0 Å². The molecule has 0 fully saturated rings. The van der Waals surface area contributed by atoms with Gasteiger partial charge in [-0.25, -0.2) is 13.2 Å². The van der Waals surface area contributed by atoms with Gasteiger partial charge in [-0.2, -0.15) is 4.31 Å². The van der Waals surface area contributed by atoms with E-state index in [4.69, 9.17) is 5.11 Å². The Morgan fingerprint density at radius 3 is 2.24 bits per heavy atom. The van der Waals surface area contributed by atoms with Gasteiger partial charge in [-0.05, 0) is 46.5 Å². The standard InChI is InChI=1S/C14H20BrNO4S/c1-9(14(2,3)4)16(5)21(19,20)12-7-6-10(13(17)18)8-11(12)15/h6-9H,1-5H3,(H,17,18). The Morgan fingerprint density at radius 2 is 1.86 bits per heavy atom. The Kier molecular flexibility index (Phi) is 5.23. The highest BCUT2D eigenvalue weighted by molar-refractivity contribution is 9.10. The topological polar surface area (TPSA) is 74.7 Å². The summed E-state index contributed by atoms with van der Waals surface area (Å²) in [5.74, 6) is -1.10. The van der Waals surface area contributed by atoms with Crippen LogP contribution in [0.3, 0.4) is 0 Å². The zero-order chi connectivity index (χ0) is 16.6. The van der Waals surface area contributed by atoms with Crippen molar-refractivity contribution < 1.29 is 18.3 Å². The van der Waals surface area contributed by atoms with E-state index < -0.39 is 16.0 Å². The lowest BCUT2D eigenvalue weighted by Gasteiger charge is -2.34. The smallest absolute Gasteiger partial charge is 0.335 e. The molecular formula is C14H20BrNO4S. The first-order chi connectivity index (χ1) is 9.39. The summed E-state index contributed by atoms with van der Waals surface area (Å²) >= 11 is 3.15. The van der Waals surface area contributed by atoms with Crippen molar-refractivity contribution >= 4 is 31.9 Å². The first-order valence-corrected chi connectivity index (χ1v) is 8.63. The summed E-state index contributed by atoms with van der Waals surface area (Å²) in [5, 5.41) is 8.93. The maximum Gasteiger partial charge on any atom is 0.335 e. The summed E-state index contributed by atoms with van der Waals surface area (Å²) in [6.45, 7) is 7.74. The SMILES string of the molecule is CC(N(C)S(=O)(=O)c1ccc(C(=O)O)cc1Br)C(C)(C)C. The van der Waals surface area contributed by atoms with Gasteiger partial charge in [0.25, 0.3) is 0 Å². The highest BCUT2D eigenvalue weighted by Gasteiger charge is 2.33. The fourth-order valence-corrected chi connectivity index (χ4v) is 4.33. The molecule has 0 heterocycles. The Balaban J connectivity index is 3.29. The van der Waals surface area contributed by atoms with E-state index in [1.807, 2.05) is 27.7 Å². The van der Waals surface area contributed by atoms with Crippen molar-refractivity contribution in [3.8, 4) is 0 Å². The summed E-state index contributed by atoms with van der Waals surface area (Å²) in [4.78, 5) is 11.0. The molecule has 0 radical (unpaired) electrons. The second-order valence-corrected chi connectivity index (χ2v) is 8.83. The summed E-state index contributed by atoms with van der Waals surface area (Å²) in [5.41, 5.74) is -0.178. The normalized spacial score (nSPS) is 14.2. The van der Waals surface area contributed by atoms with Crippen molar-refractivity contribution in [1.82, 2.24) is 4.31 Å². The van der Waals surface area contributed by atoms with Gasteiger partial charge in [-0.3, -0.25) is 0 Å². The number of carboxylic acids is 1. The van der Waals surface area contributed by atoms with Gasteiger partial charge in [0.05, 0.1) is 10.5 Å². The first kappa shape index (κ1) is 18.1. The van der Waals surface area contributed by atoms with Crippen molar-refractivity contribution in [2.24, 2.45) is 5.41 Å². The molecule has 0 aromatic heterocycles. The van der Waals surface area contributed by atoms with E-state index in [9.17, 15) is 13.2 Å². The van der Waals surface area contributed by atoms with Crippen LogP contribution in [0.2, 0.25) is 0 Å². The van der Waals surface area contributed by atoms with Gasteiger partial charge in [0, 0.05) is 17.6 Å². The zero-order valence-electron chi connectivity index (χ0n) is 12.7. The summed E-state index contributed by atoms with van der Waals surface area (Å²) in [7, 11) is -2.17. The fourth-order valence-electron chi connectivity index (χ4n) is 1.75. The van der Waals surface area contributed by atoms with Crippen LogP contribution in [-0.2, 0) is 10.0 Å². The van der Waals surface area contributed by atoms with Crippen molar-refractivity contribution in [3.05, 3.63) is 28.2 Å². The minimum atomic E-state index is -3.70. The summed E-state index contributed by atoms with van der Waals surface area (Å²) in [6, 6.07) is 3.68. The third-order valence-electron chi connectivity index (χ3n) is 3.63. The Labute approximate surface area is 134 Å². The Bertz CT molecular complexity index is 649. The quantitative estimate of drug-likeness (QED) is 0.873. The van der Waals surface area contributed by atoms with E-state index in [0.717, 1.165) is 0 Å². The van der Waals surface area contributed by atoms with Crippen LogP contribution in [0.15, 0.2) is 27.6 Å². The van der Waals surface area contributed by atoms with E-state index in [1.54, 1.807) is 0 Å². The second-order valence-electron chi connectivity index (χ2n) is 6.01. The van der Waals surface area contributed by atoms with E-state index in [-0.39, 0.29) is 26.4 Å². The fraction of sp³-hybridized carbons (Fsp3) is 0.500. The molecule has 0 saturated heterocycles. The molecule has 1 N–H and O–H groups in total. The van der Waals surface area contributed by atoms with Crippen LogP contribution >= 0.6 is 15.9 Å². The molecule has 0 saturated carbocycles. The van der Waals surface area contributed by atoms with Gasteiger partial charge in [-0.15, -0.1) is 0 Å². The number of rotatable bonds is 4. The molecule has 0 aliphatic carbocycles. The predicted molar refractivity (Wildman–Crippen MR) is 85.0 cm³/mol. The number of nitrogens with zero attached hydrogens (tertiary/aromatic N) is 1. The molecule has 1 atom stereocenters. The molecule has 1 aromatic rings. The lowest BCUT2D eigenvalue weighted by atomic mass is 9.88. The maximum atomic E-state index is 12.7. The Hall–Kier alpha value is -0.920. The highest BCUT2D eigenvalue weighted by Crippen LogP contribution is 2.31. The first-order valence-electron chi connectivity index (χ1n) is 6.40. The molecule has 1 rings (SSSR count). The lowest BCUT2D eigenvalue weighted by Crippen LogP contribution is -2.42. The number of sulfonamides is 1. The van der Waals surface area contributed by atoms with Gasteiger partial charge in [0.1, 0.15) is 0 Å². The van der Waals surface area contributed by atoms with Crippen molar-refractivity contribution in [3.63, 3.8) is 0 Å². The van der Waals surface area contributed by atoms with Crippen LogP contribution in [0.4, 0.5) is 0 Å². The number of carboxylic acid groups (broad SMARTS) is 1. The van der Waals surface area contributed by atoms with Crippen LogP contribution in [0.1, 0.15) is 38.1 Å². The van der Waals surface area contributed by atoms with E-state index in [0.29, 0.717) is 0 Å². The monoisotopic (exact) mass is 377 g/mol. The third-order valence-corrected chi connectivity index (χ3v) is 6.54. The van der Waals surface area contributed by atoms with E-state index in [2.05, 4.69) is 15.9 Å². The van der Waals surface area contributed by atoms with E-state index >= 15 is 0 Å². The molecule has 118 valence electrons. The number of hydrogen-bond acceptors (Lipinski definition) is 3. The second kappa shape index (κ2) is 6.06. The van der Waals surface area contributed by atoms with Gasteiger partial charge >= 0.3 is 5.97 Å². The molecule has 1 unspecified atom stereocenters. The van der Waals surface area contributed by atoms with Gasteiger partial charge < -0.3 is 5.11 Å². The third kappa shape index (κ3) is 3.84. The molecule has 1 aromatic carbocycles. The van der Waals surface area contributed by atoms with Crippen LogP contribution in [0, 0.1) is 5.41 Å². The maximum absolute atomic E-state index is 12.7. The molecule has 0 spiro atoms. The van der Waals surface area contributed by atoms with Gasteiger partial charge in [0.15, 0.2) is 0 Å². The van der Waals surface area contributed by atoms with Crippen LogP contribution in [0.25, 0.3) is 0 Å². The molecule has 0 amide bonds. The molecule has 7 heteroatoms. The molecule has 0 aliphatic rings. The molecule has 0 aliphatic heterocycles. The van der Waals surface area contributed by atoms with Gasteiger partial charge in [0.2, 0.25) is 10.0 Å². The molecule has 0 bridgehead atoms. The predicted octanol–water partition coefficient (Wildman–Crippen LogP) is 3.20. The number of carbonyl (C=O) groups is 1. The molecular weight excluding hydrogens is 358 g/mol. The number of benzene rings is 1. The number of hydrogen-bond donors (Lipinski definition) is 1. The zero-order valence-corrected chi connectivity index (χ0v) is 15.1. The van der Waals surface area contributed by atoms with Crippen LogP contribution in [0.5, 0.6) is 0 Å². The Morgan fingerprint density at radius 1 is 1.33 bits per heavy atom. The molecule has 5 nitrogen and oxygen atoms in total. The highest BCUT2D eigenvalue weighted by atomic mass is 79.9. The number of aromatic carboxylic acids is 1. The van der Waals surface area contributed by atoms with Crippen LogP contribution in [-0.4, -0.2) is 36.9 Å². The summed E-state index contributed by atoms with van der Waals surface area (Å²) < 4.78 is 26.9. The summed E-state index contributed by atoms with van der Waals surface area (Å²) in [6.07, 6.45) is 0. The number of halogens is 1. The molecule has 21 heavy (non-hydrogen) atoms. The average molecular weight is 378 g/mol. The van der Waals surface area contributed by atoms with Gasteiger partial charge in [-0.1, -0.05) is 20.8 Å². The minimum Gasteiger partial charge on any atom is -0.478 e. The van der Waals surface area contributed by atoms with Crippen molar-refractivity contribution in [2.45, 2.75) is 38.6 Å². The van der Waals surface area contributed by atoms with Crippen molar-refractivity contribution in [2.75, 3.05) is 7.05 Å². The lowest BCUT2D eigenvalue weighted by molar-refractivity contribution is 0.0696. The van der Waals surface area contributed by atoms with Crippen LogP contribution < -0.4 is 0 Å².